The quantitative estimate of drug-likeness (QED) is 0.330. The highest BCUT2D eigenvalue weighted by Crippen LogP contribution is 2.11. The van der Waals surface area contributed by atoms with Crippen LogP contribution in [0, 0.1) is 0 Å². The van der Waals surface area contributed by atoms with Crippen LogP contribution in [0.5, 0.6) is 0 Å². The SMILES string of the molecule is CCCCCCCCCCCCCC(=O)O.O=C(O)CCCC(=O)O. The first-order valence-electron chi connectivity index (χ1n) is 9.55. The van der Waals surface area contributed by atoms with Crippen molar-refractivity contribution in [1.82, 2.24) is 0 Å². The van der Waals surface area contributed by atoms with Crippen molar-refractivity contribution in [2.45, 2.75) is 103 Å². The van der Waals surface area contributed by atoms with Crippen LogP contribution < -0.4 is 0 Å². The minimum absolute atomic E-state index is 0.0632. The Morgan fingerprint density at radius 2 is 0.760 bits per heavy atom. The van der Waals surface area contributed by atoms with E-state index in [1.165, 1.54) is 57.8 Å². The summed E-state index contributed by atoms with van der Waals surface area (Å²) in [4.78, 5) is 29.8. The zero-order chi connectivity index (χ0) is 19.3. The molecule has 148 valence electrons. The Morgan fingerprint density at radius 1 is 0.480 bits per heavy atom. The van der Waals surface area contributed by atoms with Crippen molar-refractivity contribution >= 4 is 17.9 Å². The number of carbonyl (C=O) groups is 3. The first-order valence-corrected chi connectivity index (χ1v) is 9.55. The van der Waals surface area contributed by atoms with Crippen LogP contribution in [-0.2, 0) is 14.4 Å². The topological polar surface area (TPSA) is 112 Å². The summed E-state index contributed by atoms with van der Waals surface area (Å²) in [7, 11) is 0. The van der Waals surface area contributed by atoms with E-state index >= 15 is 0 Å². The van der Waals surface area contributed by atoms with Gasteiger partial charge in [-0.05, 0) is 12.8 Å². The first kappa shape index (κ1) is 25.6. The van der Waals surface area contributed by atoms with Gasteiger partial charge in [0.15, 0.2) is 0 Å². The lowest BCUT2D eigenvalue weighted by Gasteiger charge is -2.01. The molecule has 6 nitrogen and oxygen atoms in total. The maximum absolute atomic E-state index is 10.3. The molecule has 0 aromatic heterocycles. The first-order chi connectivity index (χ1) is 11.9. The summed E-state index contributed by atoms with van der Waals surface area (Å²) >= 11 is 0. The summed E-state index contributed by atoms with van der Waals surface area (Å²) < 4.78 is 0. The molecule has 0 saturated carbocycles. The van der Waals surface area contributed by atoms with Crippen LogP contribution in [0.15, 0.2) is 0 Å². The smallest absolute Gasteiger partial charge is 0.303 e. The van der Waals surface area contributed by atoms with Gasteiger partial charge >= 0.3 is 17.9 Å². The van der Waals surface area contributed by atoms with Gasteiger partial charge in [-0.1, -0.05) is 71.1 Å². The van der Waals surface area contributed by atoms with Crippen LogP contribution in [0.2, 0.25) is 0 Å². The number of aliphatic carboxylic acids is 3. The Labute approximate surface area is 151 Å². The Balaban J connectivity index is 0. The molecule has 0 aliphatic carbocycles. The van der Waals surface area contributed by atoms with Gasteiger partial charge in [-0.2, -0.15) is 0 Å². The van der Waals surface area contributed by atoms with Crippen LogP contribution in [0.4, 0.5) is 0 Å². The van der Waals surface area contributed by atoms with Crippen LogP contribution in [0.1, 0.15) is 103 Å². The molecule has 0 aliphatic rings. The van der Waals surface area contributed by atoms with Gasteiger partial charge < -0.3 is 15.3 Å². The predicted molar refractivity (Wildman–Crippen MR) is 97.8 cm³/mol. The van der Waals surface area contributed by atoms with Crippen molar-refractivity contribution in [2.24, 2.45) is 0 Å². The fourth-order valence-electron chi connectivity index (χ4n) is 2.33. The Kier molecular flexibility index (Phi) is 21.0. The van der Waals surface area contributed by atoms with Crippen molar-refractivity contribution < 1.29 is 29.7 Å². The summed E-state index contributed by atoms with van der Waals surface area (Å²) in [6.45, 7) is 2.25. The highest BCUT2D eigenvalue weighted by molar-refractivity contribution is 5.69. The fraction of sp³-hybridized carbons (Fsp3) is 0.842. The molecule has 0 atom stereocenters. The van der Waals surface area contributed by atoms with Crippen molar-refractivity contribution in [3.8, 4) is 0 Å². The molecule has 0 saturated heterocycles. The standard InChI is InChI=1S/C14H28O2.C5H8O4/c1-2-3-4-5-6-7-8-9-10-11-12-13-14(15)16;6-4(7)2-1-3-5(8)9/h2-13H2,1H3,(H,15,16);1-3H2,(H,6,7)(H,8,9). The van der Waals surface area contributed by atoms with Crippen LogP contribution in [0.3, 0.4) is 0 Å². The van der Waals surface area contributed by atoms with Gasteiger partial charge in [0.05, 0.1) is 0 Å². The van der Waals surface area contributed by atoms with Crippen molar-refractivity contribution in [2.75, 3.05) is 0 Å². The van der Waals surface area contributed by atoms with Crippen molar-refractivity contribution in [3.05, 3.63) is 0 Å². The number of carboxylic acids is 3. The third-order valence-corrected chi connectivity index (χ3v) is 3.78. The highest BCUT2D eigenvalue weighted by atomic mass is 16.4. The molecule has 0 aromatic rings. The van der Waals surface area contributed by atoms with E-state index in [2.05, 4.69) is 6.92 Å². The maximum atomic E-state index is 10.3. The lowest BCUT2D eigenvalue weighted by Crippen LogP contribution is -1.98. The average molecular weight is 360 g/mol. The van der Waals surface area contributed by atoms with Crippen molar-refractivity contribution in [1.29, 1.82) is 0 Å². The lowest BCUT2D eigenvalue weighted by molar-refractivity contribution is -0.139. The predicted octanol–water partition coefficient (Wildman–Crippen LogP) is 5.10. The van der Waals surface area contributed by atoms with Gasteiger partial charge in [0.2, 0.25) is 0 Å². The summed E-state index contributed by atoms with van der Waals surface area (Å²) in [5.41, 5.74) is 0. The van der Waals surface area contributed by atoms with Gasteiger partial charge in [0, 0.05) is 19.3 Å². The second kappa shape index (κ2) is 20.5. The zero-order valence-corrected chi connectivity index (χ0v) is 15.7. The van der Waals surface area contributed by atoms with E-state index in [0.29, 0.717) is 6.42 Å². The summed E-state index contributed by atoms with van der Waals surface area (Å²) in [6.07, 6.45) is 14.4. The van der Waals surface area contributed by atoms with Gasteiger partial charge in [-0.3, -0.25) is 14.4 Å². The molecule has 25 heavy (non-hydrogen) atoms. The molecule has 6 heteroatoms. The van der Waals surface area contributed by atoms with Crippen LogP contribution in [-0.4, -0.2) is 33.2 Å². The van der Waals surface area contributed by atoms with E-state index in [1.54, 1.807) is 0 Å². The van der Waals surface area contributed by atoms with E-state index in [-0.39, 0.29) is 19.3 Å². The molecular formula is C19H36O6. The normalized spacial score (nSPS) is 9.96. The Bertz CT molecular complexity index is 327. The Hall–Kier alpha value is -1.59. The van der Waals surface area contributed by atoms with E-state index in [9.17, 15) is 14.4 Å². The highest BCUT2D eigenvalue weighted by Gasteiger charge is 1.99. The molecule has 0 radical (unpaired) electrons. The minimum Gasteiger partial charge on any atom is -0.481 e. The second-order valence-corrected chi connectivity index (χ2v) is 6.32. The average Bonchev–Trinajstić information content (AvgIpc) is 2.52. The van der Waals surface area contributed by atoms with Gasteiger partial charge in [-0.15, -0.1) is 0 Å². The molecule has 0 unspecified atom stereocenters. The second-order valence-electron chi connectivity index (χ2n) is 6.32. The number of unbranched alkanes of at least 4 members (excludes halogenated alkanes) is 10. The number of carboxylic acid groups (broad SMARTS) is 3. The largest absolute Gasteiger partial charge is 0.481 e. The summed E-state index contributed by atoms with van der Waals surface area (Å²) in [5.74, 6) is -2.55. The van der Waals surface area contributed by atoms with Gasteiger partial charge in [-0.25, -0.2) is 0 Å². The van der Waals surface area contributed by atoms with E-state index in [1.807, 2.05) is 0 Å². The number of hydrogen-bond donors (Lipinski definition) is 3. The fourth-order valence-corrected chi connectivity index (χ4v) is 2.33. The molecule has 0 bridgehead atoms. The van der Waals surface area contributed by atoms with Crippen LogP contribution >= 0.6 is 0 Å². The lowest BCUT2D eigenvalue weighted by atomic mass is 10.1. The summed E-state index contributed by atoms with van der Waals surface area (Å²) in [5, 5.41) is 24.5. The molecule has 3 N–H and O–H groups in total. The molecule has 0 aliphatic heterocycles. The molecule has 0 amide bonds. The third kappa shape index (κ3) is 30.8. The number of hydrogen-bond acceptors (Lipinski definition) is 3. The monoisotopic (exact) mass is 360 g/mol. The van der Waals surface area contributed by atoms with Gasteiger partial charge in [0.1, 0.15) is 0 Å². The maximum Gasteiger partial charge on any atom is 0.303 e. The molecule has 0 spiro atoms. The molecule has 0 rings (SSSR count). The third-order valence-electron chi connectivity index (χ3n) is 3.78. The molecule has 0 aromatic carbocycles. The zero-order valence-electron chi connectivity index (χ0n) is 15.7. The van der Waals surface area contributed by atoms with Crippen LogP contribution in [0.25, 0.3) is 0 Å². The van der Waals surface area contributed by atoms with E-state index in [4.69, 9.17) is 15.3 Å². The van der Waals surface area contributed by atoms with Gasteiger partial charge in [0.25, 0.3) is 0 Å². The molecule has 0 heterocycles. The minimum atomic E-state index is -0.948. The summed E-state index contributed by atoms with van der Waals surface area (Å²) in [6, 6.07) is 0. The van der Waals surface area contributed by atoms with E-state index in [0.717, 1.165) is 12.8 Å². The Morgan fingerprint density at radius 3 is 1.08 bits per heavy atom. The molecule has 0 fully saturated rings. The number of rotatable bonds is 16. The molecular weight excluding hydrogens is 324 g/mol. The van der Waals surface area contributed by atoms with Crippen molar-refractivity contribution in [3.63, 3.8) is 0 Å². The van der Waals surface area contributed by atoms with E-state index < -0.39 is 17.9 Å².